The molecule has 0 bridgehead atoms. The highest BCUT2D eigenvalue weighted by atomic mass is 16.6. The monoisotopic (exact) mass is 496 g/mol. The number of rotatable bonds is 9. The molecule has 2 aromatic rings. The molecule has 192 valence electrons. The highest BCUT2D eigenvalue weighted by Crippen LogP contribution is 2.44. The molecule has 0 radical (unpaired) electrons. The van der Waals surface area contributed by atoms with Crippen molar-refractivity contribution >= 4 is 23.9 Å². The van der Waals surface area contributed by atoms with Crippen molar-refractivity contribution in [1.29, 1.82) is 0 Å². The van der Waals surface area contributed by atoms with E-state index in [2.05, 4.69) is 5.32 Å². The molecule has 0 saturated heterocycles. The topological polar surface area (TPSA) is 122 Å². The van der Waals surface area contributed by atoms with Gasteiger partial charge < -0.3 is 24.8 Å². The molecule has 9 heteroatoms. The maximum atomic E-state index is 12.5. The highest BCUT2D eigenvalue weighted by molar-refractivity contribution is 5.87. The zero-order valence-electron chi connectivity index (χ0n) is 20.9. The molecule has 2 aromatic carbocycles. The first kappa shape index (κ1) is 26.7. The number of ether oxygens (including phenoxy) is 2. The molecule has 2 N–H and O–H groups in total. The van der Waals surface area contributed by atoms with Crippen molar-refractivity contribution in [3.63, 3.8) is 0 Å². The van der Waals surface area contributed by atoms with E-state index < -0.39 is 42.0 Å². The van der Waals surface area contributed by atoms with Gasteiger partial charge in [-0.15, -0.1) is 0 Å². The number of esters is 1. The Bertz CT molecular complexity index is 1090. The van der Waals surface area contributed by atoms with Gasteiger partial charge in [0, 0.05) is 25.9 Å². The van der Waals surface area contributed by atoms with Crippen LogP contribution < -0.4 is 5.32 Å². The molecule has 0 heterocycles. The second-order valence-electron chi connectivity index (χ2n) is 9.65. The third-order valence-corrected chi connectivity index (χ3v) is 5.88. The summed E-state index contributed by atoms with van der Waals surface area (Å²) in [4.78, 5) is 49.4. The minimum atomic E-state index is -1.37. The van der Waals surface area contributed by atoms with Crippen LogP contribution in [0, 0.1) is 0 Å². The summed E-state index contributed by atoms with van der Waals surface area (Å²) in [5, 5.41) is 12.0. The average molecular weight is 497 g/mol. The number of likely N-dealkylation sites (N-methyl/N-ethyl adjacent to an activating group) is 1. The van der Waals surface area contributed by atoms with Crippen LogP contribution in [0.3, 0.4) is 0 Å². The lowest BCUT2D eigenvalue weighted by Gasteiger charge is -2.26. The second-order valence-corrected chi connectivity index (χ2v) is 9.65. The number of carboxylic acids is 1. The summed E-state index contributed by atoms with van der Waals surface area (Å²) in [5.41, 5.74) is 3.65. The van der Waals surface area contributed by atoms with Crippen molar-refractivity contribution in [2.75, 3.05) is 20.2 Å². The van der Waals surface area contributed by atoms with Gasteiger partial charge in [0.1, 0.15) is 18.2 Å². The van der Waals surface area contributed by atoms with E-state index in [1.807, 2.05) is 48.5 Å². The van der Waals surface area contributed by atoms with E-state index in [1.165, 1.54) is 7.05 Å². The minimum Gasteiger partial charge on any atom is -0.480 e. The lowest BCUT2D eigenvalue weighted by molar-refractivity contribution is -0.161. The van der Waals surface area contributed by atoms with E-state index >= 15 is 0 Å². The Kier molecular flexibility index (Phi) is 8.34. The molecular formula is C27H32N2O7. The number of fused-ring (bicyclic) bond motifs is 3. The predicted octanol–water partition coefficient (Wildman–Crippen LogP) is 3.56. The number of benzene rings is 2. The van der Waals surface area contributed by atoms with E-state index in [-0.39, 0.29) is 25.5 Å². The molecule has 0 spiro atoms. The first-order valence-corrected chi connectivity index (χ1v) is 11.8. The van der Waals surface area contributed by atoms with Gasteiger partial charge in [-0.2, -0.15) is 0 Å². The number of nitrogens with one attached hydrogen (secondary N) is 1. The third-order valence-electron chi connectivity index (χ3n) is 5.88. The van der Waals surface area contributed by atoms with Gasteiger partial charge in [-0.05, 0) is 43.0 Å². The predicted molar refractivity (Wildman–Crippen MR) is 132 cm³/mol. The largest absolute Gasteiger partial charge is 0.480 e. The summed E-state index contributed by atoms with van der Waals surface area (Å²) >= 11 is 0. The number of carboxylic acid groups (broad SMARTS) is 1. The zero-order chi connectivity index (χ0) is 26.5. The normalized spacial score (nSPS) is 13.2. The molecule has 0 aliphatic heterocycles. The van der Waals surface area contributed by atoms with Gasteiger partial charge >= 0.3 is 18.0 Å². The van der Waals surface area contributed by atoms with E-state index in [4.69, 9.17) is 9.47 Å². The van der Waals surface area contributed by atoms with Crippen LogP contribution in [0.1, 0.15) is 50.7 Å². The number of amides is 2. The molecule has 0 unspecified atom stereocenters. The summed E-state index contributed by atoms with van der Waals surface area (Å²) in [5.74, 6) is -2.66. The fourth-order valence-electron chi connectivity index (χ4n) is 4.20. The summed E-state index contributed by atoms with van der Waals surface area (Å²) < 4.78 is 10.6. The lowest BCUT2D eigenvalue weighted by atomic mass is 9.98. The van der Waals surface area contributed by atoms with Crippen molar-refractivity contribution in [1.82, 2.24) is 10.2 Å². The Morgan fingerprint density at radius 1 is 1.00 bits per heavy atom. The Balaban J connectivity index is 1.48. The quantitative estimate of drug-likeness (QED) is 0.509. The average Bonchev–Trinajstić information content (AvgIpc) is 3.13. The van der Waals surface area contributed by atoms with Gasteiger partial charge in [0.25, 0.3) is 0 Å². The number of hydrogen-bond acceptors (Lipinski definition) is 6. The first-order valence-electron chi connectivity index (χ1n) is 11.8. The van der Waals surface area contributed by atoms with E-state index in [0.29, 0.717) is 0 Å². The van der Waals surface area contributed by atoms with Crippen LogP contribution >= 0.6 is 0 Å². The number of carbonyl (C=O) groups excluding carboxylic acids is 3. The maximum Gasteiger partial charge on any atom is 0.407 e. The molecule has 1 aliphatic carbocycles. The van der Waals surface area contributed by atoms with Gasteiger partial charge in [-0.1, -0.05) is 48.5 Å². The molecule has 2 amide bonds. The third kappa shape index (κ3) is 6.62. The standard InChI is InChI=1S/C27H32N2O7/c1-27(2,3)36-24(31)15-22(25(32)33)29(4)23(30)13-14-28-26(34)35-16-21-19-11-7-5-9-17(19)18-10-6-8-12-20(18)21/h5-12,21-22H,13-16H2,1-4H3,(H,28,34)(H,32,33)/t22-/m0/s1. The van der Waals surface area contributed by atoms with Gasteiger partial charge in [0.2, 0.25) is 5.91 Å². The second kappa shape index (κ2) is 11.2. The fraction of sp³-hybridized carbons (Fsp3) is 0.407. The van der Waals surface area contributed by atoms with Crippen LogP contribution in [0.2, 0.25) is 0 Å². The molecule has 9 nitrogen and oxygen atoms in total. The van der Waals surface area contributed by atoms with E-state index in [9.17, 15) is 24.3 Å². The summed E-state index contributed by atoms with van der Waals surface area (Å²) in [6, 6.07) is 14.6. The smallest absolute Gasteiger partial charge is 0.407 e. The number of alkyl carbamates (subject to hydrolysis) is 1. The first-order chi connectivity index (χ1) is 17.0. The van der Waals surface area contributed by atoms with Gasteiger partial charge in [-0.25, -0.2) is 9.59 Å². The molecule has 1 atom stereocenters. The van der Waals surface area contributed by atoms with Crippen molar-refractivity contribution in [2.45, 2.75) is 51.2 Å². The van der Waals surface area contributed by atoms with Crippen LogP contribution in [0.15, 0.2) is 48.5 Å². The Hall–Kier alpha value is -3.88. The van der Waals surface area contributed by atoms with Gasteiger partial charge in [0.15, 0.2) is 0 Å². The fourth-order valence-corrected chi connectivity index (χ4v) is 4.20. The number of carbonyl (C=O) groups is 4. The van der Waals surface area contributed by atoms with Crippen LogP contribution in [-0.4, -0.2) is 65.8 Å². The molecular weight excluding hydrogens is 464 g/mol. The highest BCUT2D eigenvalue weighted by Gasteiger charge is 2.31. The summed E-state index contributed by atoms with van der Waals surface area (Å²) in [6.45, 7) is 5.11. The number of aliphatic carboxylic acids is 1. The van der Waals surface area contributed by atoms with E-state index in [1.54, 1.807) is 20.8 Å². The SMILES string of the molecule is CN(C(=O)CCNC(=O)OCC1c2ccccc2-c2ccccc21)[C@@H](CC(=O)OC(C)(C)C)C(=O)O. The summed E-state index contributed by atoms with van der Waals surface area (Å²) in [7, 11) is 1.30. The van der Waals surface area contributed by atoms with Crippen molar-refractivity contribution in [2.24, 2.45) is 0 Å². The minimum absolute atomic E-state index is 0.0430. The van der Waals surface area contributed by atoms with Crippen molar-refractivity contribution < 1.29 is 33.8 Å². The molecule has 0 saturated carbocycles. The van der Waals surface area contributed by atoms with Gasteiger partial charge in [0.05, 0.1) is 6.42 Å². The van der Waals surface area contributed by atoms with Crippen molar-refractivity contribution in [3.05, 3.63) is 59.7 Å². The Labute approximate surface area is 210 Å². The molecule has 0 aromatic heterocycles. The van der Waals surface area contributed by atoms with Crippen LogP contribution in [0.25, 0.3) is 11.1 Å². The summed E-state index contributed by atoms with van der Waals surface area (Å²) in [6.07, 6.45) is -1.30. The maximum absolute atomic E-state index is 12.5. The van der Waals surface area contributed by atoms with Crippen LogP contribution in [0.5, 0.6) is 0 Å². The van der Waals surface area contributed by atoms with Crippen molar-refractivity contribution in [3.8, 4) is 11.1 Å². The molecule has 0 fully saturated rings. The number of hydrogen-bond donors (Lipinski definition) is 2. The van der Waals surface area contributed by atoms with Crippen LogP contribution in [0.4, 0.5) is 4.79 Å². The molecule has 1 aliphatic rings. The molecule has 36 heavy (non-hydrogen) atoms. The Morgan fingerprint density at radius 2 is 1.56 bits per heavy atom. The van der Waals surface area contributed by atoms with E-state index in [0.717, 1.165) is 27.2 Å². The zero-order valence-corrected chi connectivity index (χ0v) is 20.9. The van der Waals surface area contributed by atoms with Gasteiger partial charge in [-0.3, -0.25) is 9.59 Å². The lowest BCUT2D eigenvalue weighted by Crippen LogP contribution is -2.45. The number of nitrogens with zero attached hydrogens (tertiary/aromatic N) is 1. The molecule has 3 rings (SSSR count). The van der Waals surface area contributed by atoms with Crippen LogP contribution in [-0.2, 0) is 23.9 Å². The Morgan fingerprint density at radius 3 is 2.08 bits per heavy atom.